The number of halogens is 1. The van der Waals surface area contributed by atoms with Gasteiger partial charge >= 0.3 is 0 Å². The lowest BCUT2D eigenvalue weighted by Gasteiger charge is -2.24. The average Bonchev–Trinajstić information content (AvgIpc) is 2.25. The normalized spacial score (nSPS) is 21.3. The van der Waals surface area contributed by atoms with Gasteiger partial charge in [-0.25, -0.2) is 0 Å². The summed E-state index contributed by atoms with van der Waals surface area (Å²) in [5.74, 6) is 0.129. The Kier molecular flexibility index (Phi) is 3.34. The molecular formula is C11H15ClN2O. The van der Waals surface area contributed by atoms with Crippen molar-refractivity contribution in [2.75, 3.05) is 18.4 Å². The summed E-state index contributed by atoms with van der Waals surface area (Å²) in [4.78, 5) is 0. The predicted octanol–water partition coefficient (Wildman–Crippen LogP) is 2.21. The van der Waals surface area contributed by atoms with E-state index in [1.54, 1.807) is 12.1 Å². The monoisotopic (exact) mass is 226 g/mol. The summed E-state index contributed by atoms with van der Waals surface area (Å²) in [6.07, 6.45) is 2.37. The molecule has 3 nitrogen and oxygen atoms in total. The Morgan fingerprint density at radius 3 is 3.00 bits per heavy atom. The molecule has 1 saturated heterocycles. The van der Waals surface area contributed by atoms with Gasteiger partial charge in [0.15, 0.2) is 0 Å². The average molecular weight is 227 g/mol. The lowest BCUT2D eigenvalue weighted by Crippen LogP contribution is -2.38. The lowest BCUT2D eigenvalue weighted by molar-refractivity contribution is 0.474. The van der Waals surface area contributed by atoms with Crippen LogP contribution in [0.25, 0.3) is 0 Å². The van der Waals surface area contributed by atoms with Crippen molar-refractivity contribution in [2.24, 2.45) is 0 Å². The van der Waals surface area contributed by atoms with Crippen LogP contribution in [0.1, 0.15) is 12.8 Å². The van der Waals surface area contributed by atoms with Crippen molar-refractivity contribution in [3.05, 3.63) is 23.2 Å². The third-order valence-corrected chi connectivity index (χ3v) is 2.92. The molecule has 1 atom stereocenters. The molecule has 82 valence electrons. The van der Waals surface area contributed by atoms with Crippen molar-refractivity contribution < 1.29 is 5.11 Å². The number of piperidine rings is 1. The van der Waals surface area contributed by atoms with Gasteiger partial charge in [0.1, 0.15) is 5.75 Å². The van der Waals surface area contributed by atoms with Crippen LogP contribution in [0, 0.1) is 0 Å². The highest BCUT2D eigenvalue weighted by molar-refractivity contribution is 6.32. The Hall–Kier alpha value is -0.930. The Morgan fingerprint density at radius 1 is 1.47 bits per heavy atom. The molecule has 0 spiro atoms. The van der Waals surface area contributed by atoms with Crippen LogP contribution in [-0.4, -0.2) is 24.2 Å². The molecule has 1 aromatic rings. The smallest absolute Gasteiger partial charge is 0.134 e. The second-order valence-electron chi connectivity index (χ2n) is 3.85. The number of aromatic hydroxyl groups is 1. The van der Waals surface area contributed by atoms with Crippen LogP contribution in [0.5, 0.6) is 5.75 Å². The first-order chi connectivity index (χ1) is 7.25. The zero-order valence-electron chi connectivity index (χ0n) is 8.46. The SMILES string of the molecule is Oc1ccc(NC2CCCNC2)cc1Cl. The minimum Gasteiger partial charge on any atom is -0.506 e. The minimum absolute atomic E-state index is 0.129. The maximum Gasteiger partial charge on any atom is 0.134 e. The fourth-order valence-corrected chi connectivity index (χ4v) is 1.99. The van der Waals surface area contributed by atoms with E-state index in [2.05, 4.69) is 10.6 Å². The molecule has 0 saturated carbocycles. The molecule has 0 amide bonds. The number of rotatable bonds is 2. The fourth-order valence-electron chi connectivity index (χ4n) is 1.81. The number of benzene rings is 1. The summed E-state index contributed by atoms with van der Waals surface area (Å²) in [5.41, 5.74) is 0.964. The molecule has 1 aliphatic heterocycles. The summed E-state index contributed by atoms with van der Waals surface area (Å²) in [6, 6.07) is 5.67. The first-order valence-corrected chi connectivity index (χ1v) is 5.59. The first kappa shape index (κ1) is 10.6. The number of phenolic OH excluding ortho intramolecular Hbond substituents is 1. The van der Waals surface area contributed by atoms with Gasteiger partial charge in [-0.1, -0.05) is 11.6 Å². The van der Waals surface area contributed by atoms with Crippen molar-refractivity contribution in [3.63, 3.8) is 0 Å². The van der Waals surface area contributed by atoms with E-state index in [1.165, 1.54) is 12.8 Å². The molecule has 1 aliphatic rings. The van der Waals surface area contributed by atoms with Crippen LogP contribution < -0.4 is 10.6 Å². The van der Waals surface area contributed by atoms with Crippen LogP contribution >= 0.6 is 11.6 Å². The Bertz CT molecular complexity index is 337. The predicted molar refractivity (Wildman–Crippen MR) is 62.6 cm³/mol. The quantitative estimate of drug-likeness (QED) is 0.678. The molecule has 0 aliphatic carbocycles. The third-order valence-electron chi connectivity index (χ3n) is 2.62. The standard InChI is InChI=1S/C11H15ClN2O/c12-10-6-8(3-4-11(10)15)14-9-2-1-5-13-7-9/h3-4,6,9,13-15H,1-2,5,7H2. The lowest BCUT2D eigenvalue weighted by atomic mass is 10.1. The molecule has 2 rings (SSSR count). The van der Waals surface area contributed by atoms with Crippen molar-refractivity contribution in [1.82, 2.24) is 5.32 Å². The first-order valence-electron chi connectivity index (χ1n) is 5.21. The summed E-state index contributed by atoms with van der Waals surface area (Å²) in [6.45, 7) is 2.09. The number of hydrogen-bond acceptors (Lipinski definition) is 3. The Morgan fingerprint density at radius 2 is 2.33 bits per heavy atom. The summed E-state index contributed by atoms with van der Waals surface area (Å²) in [7, 11) is 0. The second kappa shape index (κ2) is 4.73. The van der Waals surface area contributed by atoms with E-state index in [1.807, 2.05) is 6.07 Å². The molecule has 1 unspecified atom stereocenters. The molecule has 1 heterocycles. The van der Waals surface area contributed by atoms with Gasteiger partial charge in [0.2, 0.25) is 0 Å². The molecule has 3 N–H and O–H groups in total. The highest BCUT2D eigenvalue weighted by Crippen LogP contribution is 2.26. The van der Waals surface area contributed by atoms with Crippen LogP contribution in [0.4, 0.5) is 5.69 Å². The van der Waals surface area contributed by atoms with E-state index in [4.69, 9.17) is 11.6 Å². The van der Waals surface area contributed by atoms with Gasteiger partial charge in [-0.2, -0.15) is 0 Å². The Labute approximate surface area is 94.4 Å². The zero-order valence-corrected chi connectivity index (χ0v) is 9.22. The number of hydrogen-bond donors (Lipinski definition) is 3. The van der Waals surface area contributed by atoms with Crippen molar-refractivity contribution in [1.29, 1.82) is 0 Å². The fraction of sp³-hybridized carbons (Fsp3) is 0.455. The number of phenols is 1. The van der Waals surface area contributed by atoms with E-state index >= 15 is 0 Å². The second-order valence-corrected chi connectivity index (χ2v) is 4.26. The minimum atomic E-state index is 0.129. The van der Waals surface area contributed by atoms with Gasteiger partial charge in [-0.15, -0.1) is 0 Å². The summed E-state index contributed by atoms with van der Waals surface area (Å²) < 4.78 is 0. The van der Waals surface area contributed by atoms with E-state index in [0.717, 1.165) is 18.8 Å². The highest BCUT2D eigenvalue weighted by atomic mass is 35.5. The maximum absolute atomic E-state index is 9.28. The van der Waals surface area contributed by atoms with E-state index < -0.39 is 0 Å². The van der Waals surface area contributed by atoms with E-state index in [0.29, 0.717) is 11.1 Å². The molecule has 0 aromatic heterocycles. The topological polar surface area (TPSA) is 44.3 Å². The highest BCUT2D eigenvalue weighted by Gasteiger charge is 2.12. The van der Waals surface area contributed by atoms with E-state index in [-0.39, 0.29) is 5.75 Å². The molecule has 4 heteroatoms. The Balaban J connectivity index is 2.00. The van der Waals surface area contributed by atoms with Gasteiger partial charge in [0.25, 0.3) is 0 Å². The summed E-state index contributed by atoms with van der Waals surface area (Å²) >= 11 is 5.83. The van der Waals surface area contributed by atoms with Crippen LogP contribution in [0.3, 0.4) is 0 Å². The van der Waals surface area contributed by atoms with Gasteiger partial charge in [-0.3, -0.25) is 0 Å². The number of anilines is 1. The van der Waals surface area contributed by atoms with Gasteiger partial charge in [0.05, 0.1) is 5.02 Å². The molecule has 0 bridgehead atoms. The molecular weight excluding hydrogens is 212 g/mol. The van der Waals surface area contributed by atoms with Gasteiger partial charge < -0.3 is 15.7 Å². The van der Waals surface area contributed by atoms with Gasteiger partial charge in [0, 0.05) is 18.3 Å². The third kappa shape index (κ3) is 2.76. The molecule has 1 fully saturated rings. The van der Waals surface area contributed by atoms with Crippen molar-refractivity contribution in [2.45, 2.75) is 18.9 Å². The molecule has 15 heavy (non-hydrogen) atoms. The van der Waals surface area contributed by atoms with Crippen LogP contribution in [0.15, 0.2) is 18.2 Å². The van der Waals surface area contributed by atoms with E-state index in [9.17, 15) is 5.11 Å². The molecule has 1 aromatic carbocycles. The number of nitrogens with one attached hydrogen (secondary N) is 2. The van der Waals surface area contributed by atoms with Crippen LogP contribution in [-0.2, 0) is 0 Å². The maximum atomic E-state index is 9.28. The van der Waals surface area contributed by atoms with Gasteiger partial charge in [-0.05, 0) is 37.6 Å². The van der Waals surface area contributed by atoms with Crippen molar-refractivity contribution in [3.8, 4) is 5.75 Å². The zero-order chi connectivity index (χ0) is 10.7. The summed E-state index contributed by atoms with van der Waals surface area (Å²) in [5, 5.41) is 16.4. The molecule has 0 radical (unpaired) electrons. The van der Waals surface area contributed by atoms with Crippen molar-refractivity contribution >= 4 is 17.3 Å². The van der Waals surface area contributed by atoms with Crippen LogP contribution in [0.2, 0.25) is 5.02 Å². The largest absolute Gasteiger partial charge is 0.506 e.